The van der Waals surface area contributed by atoms with Gasteiger partial charge in [0.15, 0.2) is 5.82 Å². The van der Waals surface area contributed by atoms with E-state index in [1.165, 1.54) is 11.0 Å². The van der Waals surface area contributed by atoms with Gasteiger partial charge in [-0.3, -0.25) is 4.72 Å². The molecule has 1 heterocycles. The number of hydrogen-bond acceptors (Lipinski definition) is 4. The number of nitrogens with zero attached hydrogens (tertiary/aromatic N) is 3. The van der Waals surface area contributed by atoms with Crippen molar-refractivity contribution in [1.29, 1.82) is 0 Å². The van der Waals surface area contributed by atoms with E-state index in [9.17, 15) is 8.42 Å². The van der Waals surface area contributed by atoms with E-state index >= 15 is 0 Å². The quantitative estimate of drug-likeness (QED) is 0.851. The Balaban J connectivity index is 2.27. The average molecular weight is 238 g/mol. The Morgan fingerprint density at radius 2 is 1.94 bits per heavy atom. The highest BCUT2D eigenvalue weighted by molar-refractivity contribution is 7.92. The van der Waals surface area contributed by atoms with Crippen LogP contribution < -0.4 is 4.72 Å². The molecule has 0 bridgehead atoms. The normalized spacial score (nSPS) is 11.3. The largest absolute Gasteiger partial charge is 0.265 e. The molecule has 0 aliphatic rings. The zero-order chi connectivity index (χ0) is 11.6. The van der Waals surface area contributed by atoms with Crippen LogP contribution >= 0.6 is 0 Å². The fourth-order valence-corrected chi connectivity index (χ4v) is 1.66. The third kappa shape index (κ3) is 2.57. The van der Waals surface area contributed by atoms with E-state index in [1.807, 2.05) is 30.3 Å². The highest BCUT2D eigenvalue weighted by Crippen LogP contribution is 2.07. The Bertz CT molecular complexity index is 577. The number of anilines is 1. The van der Waals surface area contributed by atoms with Gasteiger partial charge in [-0.25, -0.2) is 8.42 Å². The monoisotopic (exact) mass is 238 g/mol. The lowest BCUT2D eigenvalue weighted by molar-refractivity contribution is 0.606. The van der Waals surface area contributed by atoms with Crippen molar-refractivity contribution in [3.05, 3.63) is 36.5 Å². The smallest absolute Gasteiger partial charge is 0.231 e. The molecule has 1 aromatic heterocycles. The van der Waals surface area contributed by atoms with Crippen molar-refractivity contribution in [1.82, 2.24) is 15.0 Å². The lowest BCUT2D eigenvalue weighted by Gasteiger charge is -1.98. The van der Waals surface area contributed by atoms with Crippen LogP contribution in [0, 0.1) is 0 Å². The van der Waals surface area contributed by atoms with Crippen LogP contribution in [0.3, 0.4) is 0 Å². The second-order valence-electron chi connectivity index (χ2n) is 3.23. The summed E-state index contributed by atoms with van der Waals surface area (Å²) < 4.78 is 24.2. The maximum atomic E-state index is 11.0. The molecule has 0 saturated carbocycles. The SMILES string of the molecule is CS(=O)(=O)Nc1cnn(-c2ccccc2)n1. The summed E-state index contributed by atoms with van der Waals surface area (Å²) >= 11 is 0. The fraction of sp³-hybridized carbons (Fsp3) is 0.111. The van der Waals surface area contributed by atoms with Gasteiger partial charge in [-0.15, -0.1) is 9.90 Å². The van der Waals surface area contributed by atoms with Gasteiger partial charge in [-0.2, -0.15) is 5.10 Å². The average Bonchev–Trinajstić information content (AvgIpc) is 2.65. The molecule has 0 radical (unpaired) electrons. The van der Waals surface area contributed by atoms with Crippen LogP contribution in [-0.4, -0.2) is 29.7 Å². The van der Waals surface area contributed by atoms with Gasteiger partial charge in [0.1, 0.15) is 0 Å². The molecule has 84 valence electrons. The van der Waals surface area contributed by atoms with Gasteiger partial charge < -0.3 is 0 Å². The van der Waals surface area contributed by atoms with E-state index in [0.717, 1.165) is 11.9 Å². The van der Waals surface area contributed by atoms with Crippen LogP contribution in [0.25, 0.3) is 5.69 Å². The highest BCUT2D eigenvalue weighted by atomic mass is 32.2. The molecule has 0 unspecified atom stereocenters. The first-order valence-electron chi connectivity index (χ1n) is 4.50. The first-order chi connectivity index (χ1) is 7.54. The van der Waals surface area contributed by atoms with E-state index in [0.29, 0.717) is 0 Å². The van der Waals surface area contributed by atoms with Gasteiger partial charge in [-0.1, -0.05) is 18.2 Å². The molecule has 7 heteroatoms. The summed E-state index contributed by atoms with van der Waals surface area (Å²) in [5.41, 5.74) is 0.768. The fourth-order valence-electron chi connectivity index (χ4n) is 1.19. The summed E-state index contributed by atoms with van der Waals surface area (Å²) in [4.78, 5) is 1.35. The minimum atomic E-state index is -3.31. The van der Waals surface area contributed by atoms with Gasteiger partial charge in [0.2, 0.25) is 10.0 Å². The van der Waals surface area contributed by atoms with E-state index in [2.05, 4.69) is 14.9 Å². The molecule has 0 aliphatic carbocycles. The van der Waals surface area contributed by atoms with Crippen molar-refractivity contribution < 1.29 is 8.42 Å². The van der Waals surface area contributed by atoms with Crippen molar-refractivity contribution in [3.63, 3.8) is 0 Å². The molecule has 0 fully saturated rings. The van der Waals surface area contributed by atoms with Crippen LogP contribution in [0.15, 0.2) is 36.5 Å². The van der Waals surface area contributed by atoms with Gasteiger partial charge in [0.05, 0.1) is 18.1 Å². The topological polar surface area (TPSA) is 76.9 Å². The van der Waals surface area contributed by atoms with Crippen molar-refractivity contribution >= 4 is 15.8 Å². The molecule has 0 spiro atoms. The predicted octanol–water partition coefficient (Wildman–Crippen LogP) is 0.639. The first kappa shape index (κ1) is 10.6. The lowest BCUT2D eigenvalue weighted by Crippen LogP contribution is -2.10. The molecule has 2 rings (SSSR count). The highest BCUT2D eigenvalue weighted by Gasteiger charge is 2.06. The molecule has 0 saturated heterocycles. The third-order valence-corrected chi connectivity index (χ3v) is 2.35. The molecule has 0 amide bonds. The van der Waals surface area contributed by atoms with Crippen LogP contribution in [0.2, 0.25) is 0 Å². The molecule has 0 atom stereocenters. The molecule has 1 N–H and O–H groups in total. The van der Waals surface area contributed by atoms with Crippen molar-refractivity contribution in [2.45, 2.75) is 0 Å². The zero-order valence-electron chi connectivity index (χ0n) is 8.53. The van der Waals surface area contributed by atoms with Crippen LogP contribution in [0.1, 0.15) is 0 Å². The summed E-state index contributed by atoms with van der Waals surface area (Å²) in [5, 5.41) is 7.93. The maximum absolute atomic E-state index is 11.0. The summed E-state index contributed by atoms with van der Waals surface area (Å²) in [6.45, 7) is 0. The Morgan fingerprint density at radius 3 is 2.56 bits per heavy atom. The molecule has 6 nitrogen and oxygen atoms in total. The third-order valence-electron chi connectivity index (χ3n) is 1.77. The van der Waals surface area contributed by atoms with Crippen LogP contribution in [0.5, 0.6) is 0 Å². The molecule has 1 aromatic carbocycles. The summed E-state index contributed by atoms with van der Waals surface area (Å²) in [6.07, 6.45) is 2.42. The second kappa shape index (κ2) is 3.93. The Kier molecular flexibility index (Phi) is 2.61. The predicted molar refractivity (Wildman–Crippen MR) is 59.8 cm³/mol. The zero-order valence-corrected chi connectivity index (χ0v) is 9.35. The van der Waals surface area contributed by atoms with Crippen molar-refractivity contribution in [2.24, 2.45) is 0 Å². The number of nitrogens with one attached hydrogen (secondary N) is 1. The molecule has 16 heavy (non-hydrogen) atoms. The maximum Gasteiger partial charge on any atom is 0.231 e. The van der Waals surface area contributed by atoms with E-state index in [1.54, 1.807) is 0 Å². The standard InChI is InChI=1S/C9H10N4O2S/c1-16(14,15)12-9-7-10-13(11-9)8-5-3-2-4-6-8/h2-7H,1H3,(H,11,12). The number of para-hydroxylation sites is 1. The summed E-state index contributed by atoms with van der Waals surface area (Å²) in [7, 11) is -3.31. The van der Waals surface area contributed by atoms with Crippen LogP contribution in [-0.2, 0) is 10.0 Å². The minimum Gasteiger partial charge on any atom is -0.265 e. The van der Waals surface area contributed by atoms with Gasteiger partial charge in [0.25, 0.3) is 0 Å². The molecule has 2 aromatic rings. The number of benzene rings is 1. The van der Waals surface area contributed by atoms with Gasteiger partial charge in [-0.05, 0) is 12.1 Å². The minimum absolute atomic E-state index is 0.200. The summed E-state index contributed by atoms with van der Waals surface area (Å²) in [6, 6.07) is 9.22. The number of rotatable bonds is 3. The molecule has 0 aliphatic heterocycles. The second-order valence-corrected chi connectivity index (χ2v) is 4.98. The number of sulfonamides is 1. The Morgan fingerprint density at radius 1 is 1.25 bits per heavy atom. The van der Waals surface area contributed by atoms with Crippen LogP contribution in [0.4, 0.5) is 5.82 Å². The van der Waals surface area contributed by atoms with E-state index in [4.69, 9.17) is 0 Å². The van der Waals surface area contributed by atoms with Gasteiger partial charge in [0, 0.05) is 0 Å². The Hall–Kier alpha value is -1.89. The van der Waals surface area contributed by atoms with E-state index < -0.39 is 10.0 Å². The number of aromatic nitrogens is 3. The van der Waals surface area contributed by atoms with Crippen molar-refractivity contribution in [2.75, 3.05) is 11.0 Å². The summed E-state index contributed by atoms with van der Waals surface area (Å²) in [5.74, 6) is 0.200. The Labute approximate surface area is 93.0 Å². The van der Waals surface area contributed by atoms with E-state index in [-0.39, 0.29) is 5.82 Å². The molecular formula is C9H10N4O2S. The number of hydrogen-bond donors (Lipinski definition) is 1. The first-order valence-corrected chi connectivity index (χ1v) is 6.39. The van der Waals surface area contributed by atoms with Gasteiger partial charge >= 0.3 is 0 Å². The lowest BCUT2D eigenvalue weighted by atomic mass is 10.3. The molecular weight excluding hydrogens is 228 g/mol. The van der Waals surface area contributed by atoms with Crippen molar-refractivity contribution in [3.8, 4) is 5.69 Å².